The lowest BCUT2D eigenvalue weighted by molar-refractivity contribution is 0.217. The minimum atomic E-state index is 0.719. The number of nitrogens with zero attached hydrogens (tertiary/aromatic N) is 1. The molecule has 0 unspecified atom stereocenters. The van der Waals surface area contributed by atoms with E-state index in [1.54, 1.807) is 7.11 Å². The summed E-state index contributed by atoms with van der Waals surface area (Å²) in [6.45, 7) is 4.31. The fourth-order valence-corrected chi connectivity index (χ4v) is 2.28. The van der Waals surface area contributed by atoms with Crippen molar-refractivity contribution in [3.05, 3.63) is 28.8 Å². The van der Waals surface area contributed by atoms with Crippen molar-refractivity contribution in [3.8, 4) is 5.75 Å². The van der Waals surface area contributed by atoms with Gasteiger partial charge in [0.05, 0.1) is 7.11 Å². The molecule has 1 aromatic rings. The molecular weight excluding hydrogens is 236 g/mol. The van der Waals surface area contributed by atoms with Crippen molar-refractivity contribution >= 4 is 11.6 Å². The first-order valence-electron chi connectivity index (χ1n) is 5.90. The SMILES string of the molecule is COc1cc(Cl)ccc1CN(C)CC1CNC1. The van der Waals surface area contributed by atoms with Gasteiger partial charge in [0.2, 0.25) is 0 Å². The van der Waals surface area contributed by atoms with Gasteiger partial charge in [0.15, 0.2) is 0 Å². The largest absolute Gasteiger partial charge is 0.496 e. The van der Waals surface area contributed by atoms with Crippen LogP contribution in [0.1, 0.15) is 5.56 Å². The third-order valence-corrected chi connectivity index (χ3v) is 3.36. The van der Waals surface area contributed by atoms with E-state index in [-0.39, 0.29) is 0 Å². The second-order valence-corrected chi connectivity index (χ2v) is 5.11. The molecule has 1 N–H and O–H groups in total. The first-order valence-corrected chi connectivity index (χ1v) is 6.28. The molecule has 0 atom stereocenters. The molecule has 0 saturated carbocycles. The average molecular weight is 255 g/mol. The van der Waals surface area contributed by atoms with Crippen molar-refractivity contribution < 1.29 is 4.74 Å². The van der Waals surface area contributed by atoms with Gasteiger partial charge in [-0.3, -0.25) is 0 Å². The Kier molecular flexibility index (Phi) is 4.26. The van der Waals surface area contributed by atoms with E-state index in [9.17, 15) is 0 Å². The van der Waals surface area contributed by atoms with E-state index in [4.69, 9.17) is 16.3 Å². The van der Waals surface area contributed by atoms with Crippen LogP contribution in [0.2, 0.25) is 5.02 Å². The molecule has 1 aliphatic heterocycles. The molecule has 1 aliphatic rings. The molecule has 0 aliphatic carbocycles. The van der Waals surface area contributed by atoms with E-state index < -0.39 is 0 Å². The van der Waals surface area contributed by atoms with E-state index in [2.05, 4.69) is 17.3 Å². The van der Waals surface area contributed by atoms with Gasteiger partial charge in [0.1, 0.15) is 5.75 Å². The Bertz CT molecular complexity index is 380. The highest BCUT2D eigenvalue weighted by Gasteiger charge is 2.18. The maximum absolute atomic E-state index is 5.95. The van der Waals surface area contributed by atoms with Gasteiger partial charge >= 0.3 is 0 Å². The maximum atomic E-state index is 5.95. The molecular formula is C13H19ClN2O. The predicted octanol–water partition coefficient (Wildman–Crippen LogP) is 2.00. The van der Waals surface area contributed by atoms with Crippen LogP contribution in [0.4, 0.5) is 0 Å². The van der Waals surface area contributed by atoms with Crippen molar-refractivity contribution in [2.75, 3.05) is 33.8 Å². The summed E-state index contributed by atoms with van der Waals surface area (Å²) in [5, 5.41) is 4.01. The molecule has 0 aromatic heterocycles. The van der Waals surface area contributed by atoms with Gasteiger partial charge in [0.25, 0.3) is 0 Å². The normalized spacial score (nSPS) is 16.0. The fourth-order valence-electron chi connectivity index (χ4n) is 2.12. The lowest BCUT2D eigenvalue weighted by atomic mass is 10.0. The number of rotatable bonds is 5. The van der Waals surface area contributed by atoms with E-state index in [1.807, 2.05) is 18.2 Å². The fraction of sp³-hybridized carbons (Fsp3) is 0.538. The molecule has 0 radical (unpaired) electrons. The minimum Gasteiger partial charge on any atom is -0.496 e. The van der Waals surface area contributed by atoms with Crippen molar-refractivity contribution in [1.82, 2.24) is 10.2 Å². The second-order valence-electron chi connectivity index (χ2n) is 4.68. The zero-order chi connectivity index (χ0) is 12.3. The highest BCUT2D eigenvalue weighted by Crippen LogP contribution is 2.24. The number of nitrogens with one attached hydrogen (secondary N) is 1. The number of ether oxygens (including phenoxy) is 1. The minimum absolute atomic E-state index is 0.719. The highest BCUT2D eigenvalue weighted by molar-refractivity contribution is 6.30. The molecule has 1 aromatic carbocycles. The van der Waals surface area contributed by atoms with Crippen LogP contribution in [0, 0.1) is 5.92 Å². The van der Waals surface area contributed by atoms with Gasteiger partial charge in [-0.05, 0) is 25.1 Å². The average Bonchev–Trinajstić information content (AvgIpc) is 2.26. The number of hydrogen-bond acceptors (Lipinski definition) is 3. The summed E-state index contributed by atoms with van der Waals surface area (Å²) in [4.78, 5) is 2.33. The third kappa shape index (κ3) is 3.35. The summed E-state index contributed by atoms with van der Waals surface area (Å²) in [6.07, 6.45) is 0. The molecule has 17 heavy (non-hydrogen) atoms. The molecule has 4 heteroatoms. The predicted molar refractivity (Wildman–Crippen MR) is 70.7 cm³/mol. The van der Waals surface area contributed by atoms with Gasteiger partial charge in [-0.25, -0.2) is 0 Å². The summed E-state index contributed by atoms with van der Waals surface area (Å²) in [7, 11) is 3.83. The van der Waals surface area contributed by atoms with E-state index in [0.717, 1.165) is 42.9 Å². The topological polar surface area (TPSA) is 24.5 Å². The third-order valence-electron chi connectivity index (χ3n) is 3.13. The van der Waals surface area contributed by atoms with Crippen LogP contribution in [0.5, 0.6) is 5.75 Å². The standard InChI is InChI=1S/C13H19ClN2O/c1-16(8-10-6-15-7-10)9-11-3-4-12(14)5-13(11)17-2/h3-5,10,15H,6-9H2,1-2H3. The Balaban J connectivity index is 1.96. The number of halogens is 1. The van der Waals surface area contributed by atoms with Gasteiger partial charge in [-0.15, -0.1) is 0 Å². The van der Waals surface area contributed by atoms with Crippen molar-refractivity contribution in [3.63, 3.8) is 0 Å². The summed E-state index contributed by atoms with van der Waals surface area (Å²) < 4.78 is 5.35. The first-order chi connectivity index (χ1) is 8.19. The molecule has 0 bridgehead atoms. The van der Waals surface area contributed by atoms with E-state index in [1.165, 1.54) is 5.56 Å². The van der Waals surface area contributed by atoms with Gasteiger partial charge in [0, 0.05) is 36.8 Å². The Hall–Kier alpha value is -0.770. The van der Waals surface area contributed by atoms with Crippen molar-refractivity contribution in [1.29, 1.82) is 0 Å². The molecule has 0 amide bonds. The lowest BCUT2D eigenvalue weighted by Crippen LogP contribution is -2.47. The number of benzene rings is 1. The number of hydrogen-bond donors (Lipinski definition) is 1. The monoisotopic (exact) mass is 254 g/mol. The Morgan fingerprint density at radius 2 is 2.24 bits per heavy atom. The smallest absolute Gasteiger partial charge is 0.124 e. The molecule has 1 saturated heterocycles. The maximum Gasteiger partial charge on any atom is 0.124 e. The van der Waals surface area contributed by atoms with Gasteiger partial charge in [-0.2, -0.15) is 0 Å². The Morgan fingerprint density at radius 1 is 1.47 bits per heavy atom. The number of methoxy groups -OCH3 is 1. The second kappa shape index (κ2) is 5.71. The van der Waals surface area contributed by atoms with Crippen LogP contribution in [-0.4, -0.2) is 38.7 Å². The van der Waals surface area contributed by atoms with Gasteiger partial charge in [-0.1, -0.05) is 17.7 Å². The Labute approximate surface area is 108 Å². The van der Waals surface area contributed by atoms with Crippen molar-refractivity contribution in [2.45, 2.75) is 6.54 Å². The van der Waals surface area contributed by atoms with Crippen LogP contribution < -0.4 is 10.1 Å². The summed E-state index contributed by atoms with van der Waals surface area (Å²) in [6, 6.07) is 5.82. The summed E-state index contributed by atoms with van der Waals surface area (Å²) in [5.74, 6) is 1.66. The molecule has 0 spiro atoms. The highest BCUT2D eigenvalue weighted by atomic mass is 35.5. The molecule has 1 heterocycles. The van der Waals surface area contributed by atoms with Crippen LogP contribution >= 0.6 is 11.6 Å². The van der Waals surface area contributed by atoms with E-state index in [0.29, 0.717) is 0 Å². The first kappa shape index (κ1) is 12.7. The quantitative estimate of drug-likeness (QED) is 0.870. The van der Waals surface area contributed by atoms with Crippen LogP contribution in [-0.2, 0) is 6.54 Å². The zero-order valence-electron chi connectivity index (χ0n) is 10.4. The summed E-state index contributed by atoms with van der Waals surface area (Å²) in [5.41, 5.74) is 1.19. The zero-order valence-corrected chi connectivity index (χ0v) is 11.1. The Morgan fingerprint density at radius 3 is 2.82 bits per heavy atom. The molecule has 2 rings (SSSR count). The van der Waals surface area contributed by atoms with Crippen LogP contribution in [0.25, 0.3) is 0 Å². The van der Waals surface area contributed by atoms with Crippen LogP contribution in [0.3, 0.4) is 0 Å². The van der Waals surface area contributed by atoms with E-state index >= 15 is 0 Å². The molecule has 3 nitrogen and oxygen atoms in total. The summed E-state index contributed by atoms with van der Waals surface area (Å²) >= 11 is 5.95. The van der Waals surface area contributed by atoms with Crippen molar-refractivity contribution in [2.24, 2.45) is 5.92 Å². The molecule has 94 valence electrons. The lowest BCUT2D eigenvalue weighted by Gasteiger charge is -2.31. The van der Waals surface area contributed by atoms with Crippen LogP contribution in [0.15, 0.2) is 18.2 Å². The molecule has 1 fully saturated rings. The van der Waals surface area contributed by atoms with Gasteiger partial charge < -0.3 is 15.0 Å².